The van der Waals surface area contributed by atoms with Crippen LogP contribution < -0.4 is 0 Å². The lowest BCUT2D eigenvalue weighted by Crippen LogP contribution is -2.33. The van der Waals surface area contributed by atoms with Crippen LogP contribution in [0.4, 0.5) is 0 Å². The van der Waals surface area contributed by atoms with Crippen molar-refractivity contribution in [1.82, 2.24) is 9.80 Å². The molecule has 0 aromatic heterocycles. The van der Waals surface area contributed by atoms with Crippen molar-refractivity contribution >= 4 is 5.91 Å². The number of likely N-dealkylation sites (N-methyl/N-ethyl adjacent to an activating group) is 1. The molecule has 1 amide bonds. The van der Waals surface area contributed by atoms with Crippen molar-refractivity contribution in [1.29, 1.82) is 0 Å². The average Bonchev–Trinajstić information content (AvgIpc) is 2.93. The average molecular weight is 266 g/mol. The van der Waals surface area contributed by atoms with E-state index in [4.69, 9.17) is 4.74 Å². The van der Waals surface area contributed by atoms with Gasteiger partial charge in [-0.1, -0.05) is 6.08 Å². The predicted molar refractivity (Wildman–Crippen MR) is 76.0 cm³/mol. The molecule has 0 saturated carbocycles. The third kappa shape index (κ3) is 4.96. The normalized spacial score (nSPS) is 22.2. The van der Waals surface area contributed by atoms with Gasteiger partial charge in [-0.15, -0.1) is 0 Å². The number of rotatable bonds is 5. The van der Waals surface area contributed by atoms with E-state index in [1.807, 2.05) is 18.0 Å². The van der Waals surface area contributed by atoms with Gasteiger partial charge in [0.15, 0.2) is 0 Å². The van der Waals surface area contributed by atoms with Gasteiger partial charge in [0, 0.05) is 39.4 Å². The van der Waals surface area contributed by atoms with Crippen molar-refractivity contribution in [2.75, 3.05) is 46.4 Å². The van der Waals surface area contributed by atoms with E-state index in [1.165, 1.54) is 25.9 Å². The van der Waals surface area contributed by atoms with Crippen molar-refractivity contribution in [3.63, 3.8) is 0 Å². The quantitative estimate of drug-likeness (QED) is 0.707. The summed E-state index contributed by atoms with van der Waals surface area (Å²) >= 11 is 0. The van der Waals surface area contributed by atoms with E-state index in [9.17, 15) is 4.79 Å². The highest BCUT2D eigenvalue weighted by molar-refractivity contribution is 5.87. The summed E-state index contributed by atoms with van der Waals surface area (Å²) in [6, 6.07) is 0. The number of ether oxygens (including phenoxy) is 1. The van der Waals surface area contributed by atoms with E-state index < -0.39 is 0 Å². The van der Waals surface area contributed by atoms with Gasteiger partial charge in [-0.2, -0.15) is 0 Å². The zero-order chi connectivity index (χ0) is 13.5. The monoisotopic (exact) mass is 266 g/mol. The molecule has 0 aromatic rings. The van der Waals surface area contributed by atoms with E-state index in [1.54, 1.807) is 6.08 Å². The second-order valence-corrected chi connectivity index (χ2v) is 5.68. The molecule has 0 aliphatic carbocycles. The Morgan fingerprint density at radius 3 is 2.68 bits per heavy atom. The summed E-state index contributed by atoms with van der Waals surface area (Å²) in [5, 5.41) is 0. The first-order valence-corrected chi connectivity index (χ1v) is 7.47. The second kappa shape index (κ2) is 7.65. The lowest BCUT2D eigenvalue weighted by molar-refractivity contribution is -0.125. The minimum Gasteiger partial charge on any atom is -0.381 e. The predicted octanol–water partition coefficient (Wildman–Crippen LogP) is 1.52. The molecule has 0 aromatic carbocycles. The molecule has 2 heterocycles. The van der Waals surface area contributed by atoms with E-state index >= 15 is 0 Å². The van der Waals surface area contributed by atoms with Gasteiger partial charge in [-0.3, -0.25) is 9.69 Å². The van der Waals surface area contributed by atoms with Crippen LogP contribution in [-0.2, 0) is 9.53 Å². The van der Waals surface area contributed by atoms with E-state index in [2.05, 4.69) is 4.90 Å². The third-order valence-corrected chi connectivity index (χ3v) is 4.07. The molecule has 2 saturated heterocycles. The maximum Gasteiger partial charge on any atom is 0.246 e. The number of carbonyl (C=O) groups excluding carboxylic acids is 1. The number of amides is 1. The van der Waals surface area contributed by atoms with Crippen LogP contribution in [0.15, 0.2) is 12.2 Å². The minimum absolute atomic E-state index is 0.130. The Labute approximate surface area is 116 Å². The summed E-state index contributed by atoms with van der Waals surface area (Å²) in [4.78, 5) is 16.2. The molecular formula is C15H26N2O2. The summed E-state index contributed by atoms with van der Waals surface area (Å²) in [7, 11) is 1.90. The SMILES string of the molecule is CN(CC1CCOCC1)C(=O)/C=C/CN1CCCC1. The molecule has 0 bridgehead atoms. The summed E-state index contributed by atoms with van der Waals surface area (Å²) in [5.74, 6) is 0.736. The molecule has 0 atom stereocenters. The molecule has 2 aliphatic rings. The van der Waals surface area contributed by atoms with Crippen LogP contribution in [0.3, 0.4) is 0 Å². The smallest absolute Gasteiger partial charge is 0.246 e. The van der Waals surface area contributed by atoms with Crippen molar-refractivity contribution in [3.05, 3.63) is 12.2 Å². The molecular weight excluding hydrogens is 240 g/mol. The molecule has 2 aliphatic heterocycles. The largest absolute Gasteiger partial charge is 0.381 e. The number of carbonyl (C=O) groups is 1. The van der Waals surface area contributed by atoms with Crippen LogP contribution in [0, 0.1) is 5.92 Å². The zero-order valence-corrected chi connectivity index (χ0v) is 12.0. The fourth-order valence-corrected chi connectivity index (χ4v) is 2.80. The lowest BCUT2D eigenvalue weighted by Gasteiger charge is -2.26. The van der Waals surface area contributed by atoms with Gasteiger partial charge >= 0.3 is 0 Å². The Balaban J connectivity index is 1.67. The fourth-order valence-electron chi connectivity index (χ4n) is 2.80. The van der Waals surface area contributed by atoms with Crippen molar-refractivity contribution in [2.45, 2.75) is 25.7 Å². The number of likely N-dealkylation sites (tertiary alicyclic amines) is 1. The molecule has 108 valence electrons. The van der Waals surface area contributed by atoms with Gasteiger partial charge in [0.2, 0.25) is 5.91 Å². The molecule has 0 N–H and O–H groups in total. The van der Waals surface area contributed by atoms with E-state index in [-0.39, 0.29) is 5.91 Å². The second-order valence-electron chi connectivity index (χ2n) is 5.68. The maximum atomic E-state index is 12.0. The van der Waals surface area contributed by atoms with Gasteiger partial charge in [0.25, 0.3) is 0 Å². The molecule has 4 heteroatoms. The summed E-state index contributed by atoms with van der Waals surface area (Å²) < 4.78 is 5.34. The van der Waals surface area contributed by atoms with Crippen molar-refractivity contribution < 1.29 is 9.53 Å². The van der Waals surface area contributed by atoms with Gasteiger partial charge in [0.1, 0.15) is 0 Å². The van der Waals surface area contributed by atoms with Crippen LogP contribution in [0.5, 0.6) is 0 Å². The Morgan fingerprint density at radius 2 is 2.00 bits per heavy atom. The Bertz CT molecular complexity index is 305. The highest BCUT2D eigenvalue weighted by Crippen LogP contribution is 2.15. The highest BCUT2D eigenvalue weighted by atomic mass is 16.5. The van der Waals surface area contributed by atoms with Crippen LogP contribution in [-0.4, -0.2) is 62.1 Å². The van der Waals surface area contributed by atoms with E-state index in [0.717, 1.165) is 39.1 Å². The number of hydrogen-bond donors (Lipinski definition) is 0. The Hall–Kier alpha value is -0.870. The molecule has 0 spiro atoms. The first kappa shape index (κ1) is 14.5. The van der Waals surface area contributed by atoms with Gasteiger partial charge < -0.3 is 9.64 Å². The Morgan fingerprint density at radius 1 is 1.32 bits per heavy atom. The minimum atomic E-state index is 0.130. The lowest BCUT2D eigenvalue weighted by atomic mass is 10.00. The van der Waals surface area contributed by atoms with Gasteiger partial charge in [-0.05, 0) is 44.7 Å². The fraction of sp³-hybridized carbons (Fsp3) is 0.800. The van der Waals surface area contributed by atoms with Crippen LogP contribution in [0.1, 0.15) is 25.7 Å². The number of hydrogen-bond acceptors (Lipinski definition) is 3. The molecule has 19 heavy (non-hydrogen) atoms. The molecule has 0 radical (unpaired) electrons. The number of nitrogens with zero attached hydrogens (tertiary/aromatic N) is 2. The van der Waals surface area contributed by atoms with Crippen LogP contribution >= 0.6 is 0 Å². The maximum absolute atomic E-state index is 12.0. The first-order chi connectivity index (χ1) is 9.25. The summed E-state index contributed by atoms with van der Waals surface area (Å²) in [6.45, 7) is 5.81. The highest BCUT2D eigenvalue weighted by Gasteiger charge is 2.17. The van der Waals surface area contributed by atoms with Gasteiger partial charge in [0.05, 0.1) is 0 Å². The zero-order valence-electron chi connectivity index (χ0n) is 12.0. The van der Waals surface area contributed by atoms with Crippen molar-refractivity contribution in [2.24, 2.45) is 5.92 Å². The molecule has 2 rings (SSSR count). The Kier molecular flexibility index (Phi) is 5.86. The van der Waals surface area contributed by atoms with Crippen LogP contribution in [0.2, 0.25) is 0 Å². The standard InChI is InChI=1S/C15H26N2O2/c1-16(13-14-6-11-19-12-7-14)15(18)5-4-10-17-8-2-3-9-17/h4-5,14H,2-3,6-13H2,1H3/b5-4+. The molecule has 0 unspecified atom stereocenters. The van der Waals surface area contributed by atoms with Crippen LogP contribution in [0.25, 0.3) is 0 Å². The van der Waals surface area contributed by atoms with E-state index in [0.29, 0.717) is 5.92 Å². The molecule has 2 fully saturated rings. The van der Waals surface area contributed by atoms with Gasteiger partial charge in [-0.25, -0.2) is 0 Å². The topological polar surface area (TPSA) is 32.8 Å². The summed E-state index contributed by atoms with van der Waals surface area (Å²) in [6.07, 6.45) is 8.49. The molecule has 4 nitrogen and oxygen atoms in total. The summed E-state index contributed by atoms with van der Waals surface area (Å²) in [5.41, 5.74) is 0. The third-order valence-electron chi connectivity index (χ3n) is 4.07. The first-order valence-electron chi connectivity index (χ1n) is 7.47. The van der Waals surface area contributed by atoms with Crippen molar-refractivity contribution in [3.8, 4) is 0 Å².